The SMILES string of the molecule is Cc1cccc(-c2nc(-c3cnccn3)[nH]c2-c2ccc3c(c2)n(C)c(=O)n3C(C)C)c1. The van der Waals surface area contributed by atoms with Crippen LogP contribution in [0.1, 0.15) is 25.5 Å². The summed E-state index contributed by atoms with van der Waals surface area (Å²) in [6.45, 7) is 6.11. The number of nitrogens with one attached hydrogen (secondary N) is 1. The molecule has 7 nitrogen and oxygen atoms in total. The topological polar surface area (TPSA) is 81.4 Å². The van der Waals surface area contributed by atoms with Crippen LogP contribution >= 0.6 is 0 Å². The van der Waals surface area contributed by atoms with Crippen LogP contribution in [0.4, 0.5) is 0 Å². The number of benzene rings is 2. The van der Waals surface area contributed by atoms with E-state index in [9.17, 15) is 4.79 Å². The zero-order valence-electron chi connectivity index (χ0n) is 18.5. The van der Waals surface area contributed by atoms with E-state index in [4.69, 9.17) is 4.98 Å². The molecule has 5 aromatic rings. The minimum Gasteiger partial charge on any atom is -0.336 e. The van der Waals surface area contributed by atoms with Gasteiger partial charge in [-0.1, -0.05) is 29.8 Å². The predicted molar refractivity (Wildman–Crippen MR) is 126 cm³/mol. The smallest absolute Gasteiger partial charge is 0.329 e. The van der Waals surface area contributed by atoms with Crippen molar-refractivity contribution in [1.29, 1.82) is 0 Å². The highest BCUT2D eigenvalue weighted by molar-refractivity contribution is 5.87. The Kier molecular flexibility index (Phi) is 4.74. The zero-order valence-corrected chi connectivity index (χ0v) is 18.5. The predicted octanol–water partition coefficient (Wildman–Crippen LogP) is 4.74. The standard InChI is InChI=1S/C25H24N6O/c1-15(2)31-20-9-8-18(13-21(20)30(4)25(31)32)23-22(17-7-5-6-16(3)12-17)28-24(29-23)19-14-26-10-11-27-19/h5-15H,1-4H3,(H,28,29). The summed E-state index contributed by atoms with van der Waals surface area (Å²) >= 11 is 0. The van der Waals surface area contributed by atoms with Crippen LogP contribution in [0.5, 0.6) is 0 Å². The van der Waals surface area contributed by atoms with Crippen LogP contribution in [0.2, 0.25) is 0 Å². The average Bonchev–Trinajstić information content (AvgIpc) is 3.34. The number of hydrogen-bond acceptors (Lipinski definition) is 4. The van der Waals surface area contributed by atoms with Gasteiger partial charge in [0.2, 0.25) is 0 Å². The summed E-state index contributed by atoms with van der Waals surface area (Å²) in [6, 6.07) is 14.4. The fraction of sp³-hybridized carbons (Fsp3) is 0.200. The van der Waals surface area contributed by atoms with Gasteiger partial charge in [-0.15, -0.1) is 0 Å². The molecule has 0 atom stereocenters. The highest BCUT2D eigenvalue weighted by Gasteiger charge is 2.19. The molecular formula is C25H24N6O. The third-order valence-corrected chi connectivity index (χ3v) is 5.70. The molecular weight excluding hydrogens is 400 g/mol. The second-order valence-electron chi connectivity index (χ2n) is 8.28. The highest BCUT2D eigenvalue weighted by Crippen LogP contribution is 2.34. The van der Waals surface area contributed by atoms with Crippen molar-refractivity contribution in [3.8, 4) is 34.0 Å². The van der Waals surface area contributed by atoms with Crippen molar-refractivity contribution >= 4 is 11.0 Å². The molecule has 0 radical (unpaired) electrons. The largest absolute Gasteiger partial charge is 0.336 e. The van der Waals surface area contributed by atoms with E-state index in [0.29, 0.717) is 11.5 Å². The van der Waals surface area contributed by atoms with Gasteiger partial charge in [0.15, 0.2) is 5.82 Å². The zero-order chi connectivity index (χ0) is 22.4. The Morgan fingerprint density at radius 2 is 1.84 bits per heavy atom. The third-order valence-electron chi connectivity index (χ3n) is 5.70. The van der Waals surface area contributed by atoms with Gasteiger partial charge in [0.25, 0.3) is 0 Å². The van der Waals surface area contributed by atoms with Crippen LogP contribution < -0.4 is 5.69 Å². The fourth-order valence-electron chi connectivity index (χ4n) is 4.14. The van der Waals surface area contributed by atoms with E-state index in [1.54, 1.807) is 23.2 Å². The van der Waals surface area contributed by atoms with Gasteiger partial charge < -0.3 is 4.98 Å². The van der Waals surface area contributed by atoms with Crippen LogP contribution in [0.15, 0.2) is 65.8 Å². The molecule has 3 heterocycles. The van der Waals surface area contributed by atoms with Crippen LogP contribution in [-0.2, 0) is 7.05 Å². The Morgan fingerprint density at radius 3 is 2.56 bits per heavy atom. The van der Waals surface area contributed by atoms with Gasteiger partial charge in [-0.25, -0.2) is 14.8 Å². The summed E-state index contributed by atoms with van der Waals surface area (Å²) < 4.78 is 3.52. The molecule has 32 heavy (non-hydrogen) atoms. The van der Waals surface area contributed by atoms with Crippen molar-refractivity contribution in [3.05, 3.63) is 77.1 Å². The number of hydrogen-bond donors (Lipinski definition) is 1. The molecule has 3 aromatic heterocycles. The molecule has 5 rings (SSSR count). The van der Waals surface area contributed by atoms with E-state index >= 15 is 0 Å². The number of aromatic nitrogens is 6. The lowest BCUT2D eigenvalue weighted by molar-refractivity contribution is 0.583. The Bertz CT molecular complexity index is 1490. The molecule has 0 amide bonds. The Labute approximate surface area is 185 Å². The summed E-state index contributed by atoms with van der Waals surface area (Å²) in [6.07, 6.45) is 4.99. The van der Waals surface area contributed by atoms with Gasteiger partial charge in [0, 0.05) is 36.6 Å². The van der Waals surface area contributed by atoms with E-state index in [1.807, 2.05) is 49.7 Å². The lowest BCUT2D eigenvalue weighted by atomic mass is 10.0. The monoisotopic (exact) mass is 424 g/mol. The number of aryl methyl sites for hydroxylation is 2. The van der Waals surface area contributed by atoms with Crippen molar-refractivity contribution in [1.82, 2.24) is 29.1 Å². The molecule has 0 aliphatic rings. The number of rotatable bonds is 4. The van der Waals surface area contributed by atoms with Gasteiger partial charge >= 0.3 is 5.69 Å². The third kappa shape index (κ3) is 3.22. The average molecular weight is 425 g/mol. The van der Waals surface area contributed by atoms with Gasteiger partial charge in [0.05, 0.1) is 28.6 Å². The summed E-state index contributed by atoms with van der Waals surface area (Å²) in [7, 11) is 1.81. The Hall–Kier alpha value is -4.00. The van der Waals surface area contributed by atoms with E-state index in [0.717, 1.165) is 39.1 Å². The lowest BCUT2D eigenvalue weighted by Gasteiger charge is -2.08. The Balaban J connectivity index is 1.75. The first-order valence-electron chi connectivity index (χ1n) is 10.6. The van der Waals surface area contributed by atoms with E-state index in [2.05, 4.69) is 40.1 Å². The maximum atomic E-state index is 12.8. The Morgan fingerprint density at radius 1 is 1.00 bits per heavy atom. The molecule has 1 N–H and O–H groups in total. The summed E-state index contributed by atoms with van der Waals surface area (Å²) in [5.74, 6) is 0.651. The first-order chi connectivity index (χ1) is 15.4. The van der Waals surface area contributed by atoms with Crippen LogP contribution in [-0.4, -0.2) is 29.1 Å². The van der Waals surface area contributed by atoms with Gasteiger partial charge in [-0.3, -0.25) is 14.1 Å². The van der Waals surface area contributed by atoms with E-state index in [-0.39, 0.29) is 11.7 Å². The molecule has 0 spiro atoms. The van der Waals surface area contributed by atoms with Gasteiger partial charge in [-0.2, -0.15) is 0 Å². The first kappa shape index (κ1) is 19.9. The number of fused-ring (bicyclic) bond motifs is 1. The molecule has 2 aromatic carbocycles. The molecule has 0 bridgehead atoms. The molecule has 0 aliphatic heterocycles. The number of aromatic amines is 1. The summed E-state index contributed by atoms with van der Waals surface area (Å²) in [5.41, 5.74) is 7.29. The van der Waals surface area contributed by atoms with E-state index < -0.39 is 0 Å². The van der Waals surface area contributed by atoms with Crippen molar-refractivity contribution in [3.63, 3.8) is 0 Å². The second kappa shape index (κ2) is 7.60. The fourth-order valence-corrected chi connectivity index (χ4v) is 4.14. The van der Waals surface area contributed by atoms with Crippen LogP contribution in [0.3, 0.4) is 0 Å². The summed E-state index contributed by atoms with van der Waals surface area (Å²) in [4.78, 5) is 29.7. The highest BCUT2D eigenvalue weighted by atomic mass is 16.1. The van der Waals surface area contributed by atoms with Crippen LogP contribution in [0.25, 0.3) is 45.1 Å². The second-order valence-corrected chi connectivity index (χ2v) is 8.28. The lowest BCUT2D eigenvalue weighted by Crippen LogP contribution is -2.23. The van der Waals surface area contributed by atoms with E-state index in [1.165, 1.54) is 0 Å². The maximum Gasteiger partial charge on any atom is 0.329 e. The van der Waals surface area contributed by atoms with Gasteiger partial charge in [0.1, 0.15) is 5.69 Å². The maximum absolute atomic E-state index is 12.8. The van der Waals surface area contributed by atoms with Crippen molar-refractivity contribution in [2.24, 2.45) is 7.05 Å². The molecule has 7 heteroatoms. The van der Waals surface area contributed by atoms with Crippen LogP contribution in [0, 0.1) is 6.92 Å². The first-order valence-corrected chi connectivity index (χ1v) is 10.6. The minimum atomic E-state index is -0.0177. The van der Waals surface area contributed by atoms with Gasteiger partial charge in [-0.05, 0) is 39.0 Å². The number of imidazole rings is 2. The molecule has 0 aliphatic carbocycles. The molecule has 0 unspecified atom stereocenters. The summed E-state index contributed by atoms with van der Waals surface area (Å²) in [5, 5.41) is 0. The molecule has 0 saturated carbocycles. The van der Waals surface area contributed by atoms with Crippen molar-refractivity contribution < 1.29 is 0 Å². The van der Waals surface area contributed by atoms with Crippen molar-refractivity contribution in [2.75, 3.05) is 0 Å². The number of nitrogens with zero attached hydrogens (tertiary/aromatic N) is 5. The molecule has 0 saturated heterocycles. The minimum absolute atomic E-state index is 0.0177. The molecule has 160 valence electrons. The normalized spacial score (nSPS) is 11.5. The quantitative estimate of drug-likeness (QED) is 0.452. The molecule has 0 fully saturated rings. The number of H-pyrrole nitrogens is 1. The van der Waals surface area contributed by atoms with Crippen molar-refractivity contribution in [2.45, 2.75) is 26.8 Å².